The van der Waals surface area contributed by atoms with Crippen LogP contribution in [0.2, 0.25) is 0 Å². The number of hydrogen-bond acceptors (Lipinski definition) is 4. The third kappa shape index (κ3) is 3.55. The van der Waals surface area contributed by atoms with Gasteiger partial charge in [0, 0.05) is 13.0 Å². The molecule has 116 valence electrons. The lowest BCUT2D eigenvalue weighted by Crippen LogP contribution is -2.22. The first kappa shape index (κ1) is 14.8. The number of hydrazone groups is 1. The molecule has 3 aromatic rings. The van der Waals surface area contributed by atoms with Gasteiger partial charge in [0.25, 0.3) is 0 Å². The highest BCUT2D eigenvalue weighted by atomic mass is 16.4. The van der Waals surface area contributed by atoms with Crippen molar-refractivity contribution in [3.63, 3.8) is 0 Å². The molecular weight excluding hydrogens is 294 g/mol. The Balaban J connectivity index is 1.59. The van der Waals surface area contributed by atoms with E-state index in [9.17, 15) is 9.59 Å². The second-order valence-corrected chi connectivity index (χ2v) is 4.94. The fourth-order valence-corrected chi connectivity index (χ4v) is 2.21. The summed E-state index contributed by atoms with van der Waals surface area (Å²) in [5, 5.41) is 3.89. The van der Waals surface area contributed by atoms with Crippen LogP contribution in [0.25, 0.3) is 11.1 Å². The molecule has 0 saturated carbocycles. The van der Waals surface area contributed by atoms with E-state index in [1.165, 1.54) is 4.57 Å². The smallest absolute Gasteiger partial charge is 0.408 e. The zero-order valence-corrected chi connectivity index (χ0v) is 12.3. The van der Waals surface area contributed by atoms with E-state index in [1.807, 2.05) is 36.4 Å². The number of oxazole rings is 1. The van der Waals surface area contributed by atoms with Gasteiger partial charge in [0.15, 0.2) is 5.58 Å². The van der Waals surface area contributed by atoms with Crippen LogP contribution in [0.3, 0.4) is 0 Å². The van der Waals surface area contributed by atoms with Gasteiger partial charge in [0.2, 0.25) is 5.91 Å². The Morgan fingerprint density at radius 3 is 2.70 bits per heavy atom. The van der Waals surface area contributed by atoms with Gasteiger partial charge in [-0.15, -0.1) is 0 Å². The van der Waals surface area contributed by atoms with Crippen molar-refractivity contribution >= 4 is 23.2 Å². The second kappa shape index (κ2) is 6.74. The van der Waals surface area contributed by atoms with E-state index in [2.05, 4.69) is 10.5 Å². The molecule has 1 amide bonds. The van der Waals surface area contributed by atoms with E-state index < -0.39 is 5.76 Å². The van der Waals surface area contributed by atoms with Crippen molar-refractivity contribution in [2.45, 2.75) is 13.0 Å². The van der Waals surface area contributed by atoms with Crippen molar-refractivity contribution in [1.82, 2.24) is 9.99 Å². The monoisotopic (exact) mass is 309 g/mol. The number of rotatable bonds is 5. The van der Waals surface area contributed by atoms with Gasteiger partial charge in [-0.05, 0) is 17.7 Å². The first-order valence-electron chi connectivity index (χ1n) is 7.19. The van der Waals surface area contributed by atoms with Gasteiger partial charge >= 0.3 is 5.76 Å². The van der Waals surface area contributed by atoms with Crippen LogP contribution in [0.4, 0.5) is 0 Å². The first-order valence-corrected chi connectivity index (χ1v) is 7.19. The van der Waals surface area contributed by atoms with E-state index in [0.29, 0.717) is 11.1 Å². The van der Waals surface area contributed by atoms with Crippen molar-refractivity contribution in [2.75, 3.05) is 0 Å². The van der Waals surface area contributed by atoms with E-state index in [4.69, 9.17) is 4.42 Å². The summed E-state index contributed by atoms with van der Waals surface area (Å²) in [6.07, 6.45) is 1.70. The highest BCUT2D eigenvalue weighted by molar-refractivity contribution is 5.82. The van der Waals surface area contributed by atoms with E-state index >= 15 is 0 Å². The second-order valence-electron chi connectivity index (χ2n) is 4.94. The summed E-state index contributed by atoms with van der Waals surface area (Å²) in [6, 6.07) is 16.6. The maximum absolute atomic E-state index is 11.8. The number of nitrogens with one attached hydrogen (secondary N) is 1. The van der Waals surface area contributed by atoms with Crippen LogP contribution in [0, 0.1) is 0 Å². The van der Waals surface area contributed by atoms with E-state index in [1.54, 1.807) is 24.4 Å². The molecule has 0 atom stereocenters. The summed E-state index contributed by atoms with van der Waals surface area (Å²) < 4.78 is 6.56. The molecule has 1 N–H and O–H groups in total. The summed E-state index contributed by atoms with van der Waals surface area (Å²) in [5.74, 6) is -0.735. The number of fused-ring (bicyclic) bond motifs is 1. The summed E-state index contributed by atoms with van der Waals surface area (Å²) in [5.41, 5.74) is 4.53. The molecule has 6 heteroatoms. The van der Waals surface area contributed by atoms with E-state index in [0.717, 1.165) is 5.56 Å². The highest BCUT2D eigenvalue weighted by Gasteiger charge is 2.09. The molecule has 0 saturated heterocycles. The van der Waals surface area contributed by atoms with Crippen molar-refractivity contribution in [1.29, 1.82) is 0 Å². The summed E-state index contributed by atoms with van der Waals surface area (Å²) in [4.78, 5) is 23.6. The van der Waals surface area contributed by atoms with Crippen molar-refractivity contribution in [3.8, 4) is 0 Å². The molecule has 0 bridgehead atoms. The zero-order valence-electron chi connectivity index (χ0n) is 12.3. The Hall–Kier alpha value is -3.15. The number of carbonyl (C=O) groups excluding carboxylic acids is 1. The Bertz CT molecular complexity index is 894. The van der Waals surface area contributed by atoms with Gasteiger partial charge < -0.3 is 4.42 Å². The molecule has 2 aromatic carbocycles. The molecule has 1 aromatic heterocycles. The third-order valence-electron chi connectivity index (χ3n) is 3.34. The van der Waals surface area contributed by atoms with Crippen molar-refractivity contribution in [3.05, 3.63) is 70.7 Å². The molecule has 23 heavy (non-hydrogen) atoms. The van der Waals surface area contributed by atoms with Crippen LogP contribution in [0.15, 0.2) is 68.9 Å². The van der Waals surface area contributed by atoms with Crippen molar-refractivity contribution < 1.29 is 9.21 Å². The lowest BCUT2D eigenvalue weighted by Gasteiger charge is -2.01. The Morgan fingerprint density at radius 2 is 1.87 bits per heavy atom. The number of benzene rings is 2. The SMILES string of the molecule is O=C(CCn1c(=O)oc2ccccc21)NN=Cc1ccccc1. The number of carbonyl (C=O) groups is 1. The van der Waals surface area contributed by atoms with Crippen LogP contribution < -0.4 is 11.2 Å². The van der Waals surface area contributed by atoms with Gasteiger partial charge in [0.1, 0.15) is 0 Å². The number of hydrogen-bond donors (Lipinski definition) is 1. The van der Waals surface area contributed by atoms with Crippen LogP contribution in [0.1, 0.15) is 12.0 Å². The average Bonchev–Trinajstić information content (AvgIpc) is 2.89. The molecule has 0 aliphatic heterocycles. The summed E-state index contributed by atoms with van der Waals surface area (Å²) in [7, 11) is 0. The number of amides is 1. The minimum atomic E-state index is -0.466. The molecule has 0 fully saturated rings. The maximum Gasteiger partial charge on any atom is 0.419 e. The fraction of sp³-hybridized carbons (Fsp3) is 0.118. The van der Waals surface area contributed by atoms with Crippen LogP contribution in [-0.4, -0.2) is 16.7 Å². The number of aromatic nitrogens is 1. The topological polar surface area (TPSA) is 76.6 Å². The van der Waals surface area contributed by atoms with Crippen LogP contribution in [-0.2, 0) is 11.3 Å². The normalized spacial score (nSPS) is 11.1. The molecule has 1 heterocycles. The molecular formula is C17H15N3O3. The Labute approximate surface area is 132 Å². The van der Waals surface area contributed by atoms with E-state index in [-0.39, 0.29) is 18.9 Å². The molecule has 6 nitrogen and oxygen atoms in total. The molecule has 0 aliphatic rings. The van der Waals surface area contributed by atoms with Gasteiger partial charge in [0.05, 0.1) is 11.7 Å². The Morgan fingerprint density at radius 1 is 1.13 bits per heavy atom. The van der Waals surface area contributed by atoms with Gasteiger partial charge in [-0.1, -0.05) is 42.5 Å². The maximum atomic E-state index is 11.8. The third-order valence-corrected chi connectivity index (χ3v) is 3.34. The van der Waals surface area contributed by atoms with Gasteiger partial charge in [-0.25, -0.2) is 10.2 Å². The number of aryl methyl sites for hydroxylation is 1. The average molecular weight is 309 g/mol. The number of nitrogens with zero attached hydrogens (tertiary/aromatic N) is 2. The molecule has 0 aliphatic carbocycles. The number of para-hydroxylation sites is 2. The van der Waals surface area contributed by atoms with Crippen LogP contribution in [0.5, 0.6) is 0 Å². The van der Waals surface area contributed by atoms with Gasteiger partial charge in [-0.3, -0.25) is 9.36 Å². The minimum Gasteiger partial charge on any atom is -0.408 e. The lowest BCUT2D eigenvalue weighted by molar-refractivity contribution is -0.121. The van der Waals surface area contributed by atoms with Gasteiger partial charge in [-0.2, -0.15) is 5.10 Å². The predicted octanol–water partition coefficient (Wildman–Crippen LogP) is 2.13. The molecule has 0 unspecified atom stereocenters. The first-order chi connectivity index (χ1) is 11.2. The van der Waals surface area contributed by atoms with Crippen molar-refractivity contribution in [2.24, 2.45) is 5.10 Å². The Kier molecular flexibility index (Phi) is 4.33. The lowest BCUT2D eigenvalue weighted by atomic mass is 10.2. The fourth-order valence-electron chi connectivity index (χ4n) is 2.21. The van der Waals surface area contributed by atoms with Crippen LogP contribution >= 0.6 is 0 Å². The largest absolute Gasteiger partial charge is 0.419 e. The molecule has 0 radical (unpaired) electrons. The minimum absolute atomic E-state index is 0.134. The molecule has 3 rings (SSSR count). The summed E-state index contributed by atoms with van der Waals surface area (Å²) >= 11 is 0. The zero-order chi connectivity index (χ0) is 16.1. The highest BCUT2D eigenvalue weighted by Crippen LogP contribution is 2.11. The quantitative estimate of drug-likeness (QED) is 0.579. The molecule has 0 spiro atoms. The summed E-state index contributed by atoms with van der Waals surface area (Å²) in [6.45, 7) is 0.239. The standard InChI is InChI=1S/C17H15N3O3/c21-16(19-18-12-13-6-2-1-3-7-13)10-11-20-14-8-4-5-9-15(14)23-17(20)22/h1-9,12H,10-11H2,(H,19,21). The predicted molar refractivity (Wildman–Crippen MR) is 87.3 cm³/mol.